The molecule has 0 saturated heterocycles. The van der Waals surface area contributed by atoms with Gasteiger partial charge in [-0.05, 0) is 24.3 Å². The molecule has 6 nitrogen and oxygen atoms in total. The van der Waals surface area contributed by atoms with Gasteiger partial charge < -0.3 is 14.6 Å². The zero-order chi connectivity index (χ0) is 18.3. The minimum absolute atomic E-state index is 0.0242. The number of ketones is 1. The van der Waals surface area contributed by atoms with Gasteiger partial charge in [0.25, 0.3) is 5.91 Å². The third kappa shape index (κ3) is 2.33. The number of terminal acetylenes is 1. The Morgan fingerprint density at radius 1 is 1.23 bits per heavy atom. The van der Waals surface area contributed by atoms with E-state index in [0.29, 0.717) is 28.3 Å². The molecule has 1 amide bonds. The number of hydrogen-bond donors (Lipinski definition) is 1. The molecule has 130 valence electrons. The van der Waals surface area contributed by atoms with Crippen molar-refractivity contribution < 1.29 is 24.2 Å². The van der Waals surface area contributed by atoms with Crippen LogP contribution in [0.3, 0.4) is 0 Å². The van der Waals surface area contributed by atoms with Gasteiger partial charge in [0, 0.05) is 11.1 Å². The van der Waals surface area contributed by atoms with E-state index in [0.717, 1.165) is 0 Å². The number of nitrogens with zero attached hydrogens (tertiary/aromatic N) is 1. The van der Waals surface area contributed by atoms with Crippen LogP contribution < -0.4 is 14.4 Å². The highest BCUT2D eigenvalue weighted by molar-refractivity contribution is 6.11. The van der Waals surface area contributed by atoms with Crippen LogP contribution in [0, 0.1) is 12.3 Å². The second kappa shape index (κ2) is 5.90. The second-order valence-electron chi connectivity index (χ2n) is 6.14. The van der Waals surface area contributed by atoms with Crippen molar-refractivity contribution in [1.29, 1.82) is 0 Å². The van der Waals surface area contributed by atoms with E-state index in [-0.39, 0.29) is 25.5 Å². The van der Waals surface area contributed by atoms with Crippen LogP contribution in [0.15, 0.2) is 42.5 Å². The summed E-state index contributed by atoms with van der Waals surface area (Å²) < 4.78 is 10.5. The van der Waals surface area contributed by atoms with Gasteiger partial charge in [-0.15, -0.1) is 6.42 Å². The molecule has 2 aliphatic rings. The Hall–Kier alpha value is -3.30. The van der Waals surface area contributed by atoms with Crippen LogP contribution in [-0.4, -0.2) is 30.1 Å². The van der Waals surface area contributed by atoms with Crippen LogP contribution >= 0.6 is 0 Å². The molecule has 2 heterocycles. The first-order valence-corrected chi connectivity index (χ1v) is 8.05. The Labute approximate surface area is 149 Å². The van der Waals surface area contributed by atoms with Gasteiger partial charge in [0.2, 0.25) is 6.79 Å². The summed E-state index contributed by atoms with van der Waals surface area (Å²) in [5.41, 5.74) is -0.699. The Kier molecular flexibility index (Phi) is 3.67. The maximum Gasteiger partial charge on any atom is 0.265 e. The van der Waals surface area contributed by atoms with E-state index in [1.54, 1.807) is 42.5 Å². The number of amides is 1. The van der Waals surface area contributed by atoms with Crippen molar-refractivity contribution in [2.75, 3.05) is 18.2 Å². The third-order valence-electron chi connectivity index (χ3n) is 4.60. The summed E-state index contributed by atoms with van der Waals surface area (Å²) in [4.78, 5) is 26.9. The number of carbonyl (C=O) groups is 2. The fourth-order valence-corrected chi connectivity index (χ4v) is 3.33. The summed E-state index contributed by atoms with van der Waals surface area (Å²) in [6, 6.07) is 11.6. The summed E-state index contributed by atoms with van der Waals surface area (Å²) >= 11 is 0. The molecule has 4 rings (SSSR count). The van der Waals surface area contributed by atoms with Crippen LogP contribution in [-0.2, 0) is 10.4 Å². The molecular weight excluding hydrogens is 334 g/mol. The molecule has 1 atom stereocenters. The molecule has 6 heteroatoms. The highest BCUT2D eigenvalue weighted by Gasteiger charge is 2.50. The number of fused-ring (bicyclic) bond motifs is 2. The molecule has 2 aliphatic heterocycles. The molecule has 0 spiro atoms. The zero-order valence-corrected chi connectivity index (χ0v) is 13.8. The quantitative estimate of drug-likeness (QED) is 0.673. The lowest BCUT2D eigenvalue weighted by atomic mass is 9.88. The molecule has 2 aromatic carbocycles. The fraction of sp³-hybridized carbons (Fsp3) is 0.200. The van der Waals surface area contributed by atoms with Gasteiger partial charge in [0.05, 0.1) is 18.7 Å². The van der Waals surface area contributed by atoms with Crippen LogP contribution in [0.1, 0.15) is 22.3 Å². The van der Waals surface area contributed by atoms with Gasteiger partial charge in [0.15, 0.2) is 22.9 Å². The summed E-state index contributed by atoms with van der Waals surface area (Å²) in [6.07, 6.45) is 4.96. The molecule has 0 aromatic heterocycles. The van der Waals surface area contributed by atoms with Crippen LogP contribution in [0.5, 0.6) is 11.5 Å². The predicted octanol–water partition coefficient (Wildman–Crippen LogP) is 1.86. The van der Waals surface area contributed by atoms with Crippen molar-refractivity contribution in [1.82, 2.24) is 0 Å². The van der Waals surface area contributed by atoms with Gasteiger partial charge in [-0.25, -0.2) is 0 Å². The summed E-state index contributed by atoms with van der Waals surface area (Å²) in [7, 11) is 0. The Morgan fingerprint density at radius 3 is 2.81 bits per heavy atom. The lowest BCUT2D eigenvalue weighted by Gasteiger charge is -2.21. The number of benzene rings is 2. The minimum Gasteiger partial charge on any atom is -0.454 e. The van der Waals surface area contributed by atoms with Crippen molar-refractivity contribution in [3.8, 4) is 23.8 Å². The first-order valence-electron chi connectivity index (χ1n) is 8.05. The van der Waals surface area contributed by atoms with Crippen molar-refractivity contribution in [3.05, 3.63) is 53.6 Å². The standard InChI is InChI=1S/C20H15NO5/c1-2-9-21-15-6-4-3-5-14(15)20(24,19(21)23)11-16(22)13-7-8-17-18(10-13)26-12-25-17/h1,3-8,10,24H,9,11-12H2/t20-/m1/s1. The van der Waals surface area contributed by atoms with Crippen LogP contribution in [0.2, 0.25) is 0 Å². The van der Waals surface area contributed by atoms with Gasteiger partial charge in [-0.1, -0.05) is 24.1 Å². The lowest BCUT2D eigenvalue weighted by Crippen LogP contribution is -2.42. The molecule has 1 N–H and O–H groups in total. The first-order chi connectivity index (χ1) is 12.5. The molecule has 2 aromatic rings. The van der Waals surface area contributed by atoms with E-state index in [1.807, 2.05) is 0 Å². The monoisotopic (exact) mass is 349 g/mol. The Balaban J connectivity index is 1.68. The third-order valence-corrected chi connectivity index (χ3v) is 4.60. The maximum atomic E-state index is 12.8. The normalized spacial score (nSPS) is 20.0. The molecule has 0 unspecified atom stereocenters. The van der Waals surface area contributed by atoms with Crippen LogP contribution in [0.4, 0.5) is 5.69 Å². The molecular formula is C20H15NO5. The number of para-hydroxylation sites is 1. The van der Waals surface area contributed by atoms with E-state index in [4.69, 9.17) is 15.9 Å². The fourth-order valence-electron chi connectivity index (χ4n) is 3.33. The van der Waals surface area contributed by atoms with Gasteiger partial charge in [0.1, 0.15) is 0 Å². The Morgan fingerprint density at radius 2 is 2.00 bits per heavy atom. The highest BCUT2D eigenvalue weighted by atomic mass is 16.7. The summed E-state index contributed by atoms with van der Waals surface area (Å²) in [5.74, 6) is 2.47. The topological polar surface area (TPSA) is 76.1 Å². The average molecular weight is 349 g/mol. The number of anilines is 1. The van der Waals surface area contributed by atoms with Crippen LogP contribution in [0.25, 0.3) is 0 Å². The molecule has 0 fully saturated rings. The first kappa shape index (κ1) is 16.2. The number of rotatable bonds is 4. The SMILES string of the molecule is C#CCN1C(=O)[C@@](O)(CC(=O)c2ccc3c(c2)OCO3)c2ccccc21. The van der Waals surface area contributed by atoms with E-state index >= 15 is 0 Å². The average Bonchev–Trinajstić information content (AvgIpc) is 3.19. The Bertz CT molecular complexity index is 961. The number of aliphatic hydroxyl groups is 1. The molecule has 0 radical (unpaired) electrons. The summed E-state index contributed by atoms with van der Waals surface area (Å²) in [5, 5.41) is 11.1. The van der Waals surface area contributed by atoms with Crippen molar-refractivity contribution in [3.63, 3.8) is 0 Å². The van der Waals surface area contributed by atoms with E-state index in [2.05, 4.69) is 5.92 Å². The number of ether oxygens (including phenoxy) is 2. The van der Waals surface area contributed by atoms with Gasteiger partial charge in [-0.2, -0.15) is 0 Å². The van der Waals surface area contributed by atoms with Gasteiger partial charge >= 0.3 is 0 Å². The molecule has 0 bridgehead atoms. The van der Waals surface area contributed by atoms with Crippen molar-refractivity contribution in [2.45, 2.75) is 12.0 Å². The minimum atomic E-state index is -1.94. The zero-order valence-electron chi connectivity index (χ0n) is 13.8. The van der Waals surface area contributed by atoms with E-state index in [9.17, 15) is 14.7 Å². The van der Waals surface area contributed by atoms with Crippen molar-refractivity contribution >= 4 is 17.4 Å². The lowest BCUT2D eigenvalue weighted by molar-refractivity contribution is -0.135. The number of Topliss-reactive ketones (excluding diaryl/α,β-unsaturated/α-hetero) is 1. The maximum absolute atomic E-state index is 12.8. The second-order valence-corrected chi connectivity index (χ2v) is 6.14. The number of hydrogen-bond acceptors (Lipinski definition) is 5. The smallest absolute Gasteiger partial charge is 0.265 e. The molecule has 26 heavy (non-hydrogen) atoms. The number of carbonyl (C=O) groups excluding carboxylic acids is 2. The summed E-state index contributed by atoms with van der Waals surface area (Å²) in [6.45, 7) is 0.125. The predicted molar refractivity (Wildman–Crippen MR) is 93.0 cm³/mol. The van der Waals surface area contributed by atoms with Crippen molar-refractivity contribution in [2.24, 2.45) is 0 Å². The van der Waals surface area contributed by atoms with E-state index in [1.165, 1.54) is 4.90 Å². The van der Waals surface area contributed by atoms with E-state index < -0.39 is 11.5 Å². The molecule has 0 aliphatic carbocycles. The van der Waals surface area contributed by atoms with Gasteiger partial charge in [-0.3, -0.25) is 14.5 Å². The highest BCUT2D eigenvalue weighted by Crippen LogP contribution is 2.43. The largest absolute Gasteiger partial charge is 0.454 e. The molecule has 0 saturated carbocycles.